The van der Waals surface area contributed by atoms with Gasteiger partial charge in [0.15, 0.2) is 5.65 Å². The lowest BCUT2D eigenvalue weighted by Gasteiger charge is -2.07. The van der Waals surface area contributed by atoms with Crippen molar-refractivity contribution < 1.29 is 17.7 Å². The summed E-state index contributed by atoms with van der Waals surface area (Å²) >= 11 is 18.1. The average molecular weight is 459 g/mol. The van der Waals surface area contributed by atoms with Gasteiger partial charge in [-0.15, -0.1) is 0 Å². The summed E-state index contributed by atoms with van der Waals surface area (Å²) in [6.45, 7) is 0. The van der Waals surface area contributed by atoms with E-state index in [2.05, 4.69) is 15.1 Å². The molecule has 0 fully saturated rings. The van der Waals surface area contributed by atoms with Crippen LogP contribution in [-0.2, 0) is 6.18 Å². The van der Waals surface area contributed by atoms with Gasteiger partial charge in [0, 0.05) is 18.0 Å². The van der Waals surface area contributed by atoms with Gasteiger partial charge in [-0.1, -0.05) is 40.0 Å². The lowest BCUT2D eigenvalue weighted by Crippen LogP contribution is -2.06. The zero-order valence-electron chi connectivity index (χ0n) is 13.8. The molecule has 1 aromatic carbocycles. The molecule has 0 aliphatic carbocycles. The fourth-order valence-corrected chi connectivity index (χ4v) is 3.27. The van der Waals surface area contributed by atoms with Crippen molar-refractivity contribution in [3.8, 4) is 29.0 Å². The highest BCUT2D eigenvalue weighted by Gasteiger charge is 2.32. The predicted molar refractivity (Wildman–Crippen MR) is 98.7 cm³/mol. The standard InChI is InChI=1S/C17H5Cl3F3N5O/c18-10-3-9(11(19)1-7(10)4-24)14-26-16(29-27-14)13-6-28-5-8(17(21,22)23)2-12(20)15(28)25-13/h1-3,5-6H. The third kappa shape index (κ3) is 3.51. The summed E-state index contributed by atoms with van der Waals surface area (Å²) in [5.41, 5.74) is -0.231. The Balaban J connectivity index is 1.77. The van der Waals surface area contributed by atoms with Crippen molar-refractivity contribution in [2.45, 2.75) is 6.18 Å². The van der Waals surface area contributed by atoms with Gasteiger partial charge in [-0.3, -0.25) is 0 Å². The Labute approximate surface area is 175 Å². The van der Waals surface area contributed by atoms with Crippen LogP contribution in [0.1, 0.15) is 11.1 Å². The van der Waals surface area contributed by atoms with Gasteiger partial charge in [-0.2, -0.15) is 23.4 Å². The fraction of sp³-hybridized carbons (Fsp3) is 0.0588. The molecule has 0 radical (unpaired) electrons. The first-order chi connectivity index (χ1) is 13.7. The van der Waals surface area contributed by atoms with Crippen LogP contribution in [0.25, 0.3) is 28.6 Å². The van der Waals surface area contributed by atoms with E-state index in [0.29, 0.717) is 5.56 Å². The third-order valence-corrected chi connectivity index (χ3v) is 4.80. The summed E-state index contributed by atoms with van der Waals surface area (Å²) in [5, 5.41) is 12.9. The van der Waals surface area contributed by atoms with Crippen molar-refractivity contribution in [1.29, 1.82) is 5.26 Å². The first-order valence-corrected chi connectivity index (χ1v) is 8.80. The second-order valence-corrected chi connectivity index (χ2v) is 7.00. The maximum Gasteiger partial charge on any atom is 0.417 e. The number of hydrogen-bond donors (Lipinski definition) is 0. The second kappa shape index (κ2) is 6.91. The van der Waals surface area contributed by atoms with Crippen LogP contribution in [-0.4, -0.2) is 19.5 Å². The number of benzene rings is 1. The van der Waals surface area contributed by atoms with E-state index in [1.54, 1.807) is 0 Å². The predicted octanol–water partition coefficient (Wildman–Crippen LogP) is 5.90. The van der Waals surface area contributed by atoms with Crippen LogP contribution in [0.2, 0.25) is 15.1 Å². The zero-order valence-corrected chi connectivity index (χ0v) is 16.1. The highest BCUT2D eigenvalue weighted by atomic mass is 35.5. The second-order valence-electron chi connectivity index (χ2n) is 5.78. The summed E-state index contributed by atoms with van der Waals surface area (Å²) < 4.78 is 45.2. The Morgan fingerprint density at radius 3 is 2.45 bits per heavy atom. The number of halogens is 6. The van der Waals surface area contributed by atoms with Crippen LogP contribution >= 0.6 is 34.8 Å². The maximum absolute atomic E-state index is 13.0. The lowest BCUT2D eigenvalue weighted by atomic mass is 10.1. The molecule has 4 rings (SSSR count). The monoisotopic (exact) mass is 457 g/mol. The number of imidazole rings is 1. The van der Waals surface area contributed by atoms with E-state index in [1.165, 1.54) is 18.3 Å². The van der Waals surface area contributed by atoms with E-state index in [9.17, 15) is 13.2 Å². The number of aromatic nitrogens is 4. The molecule has 0 atom stereocenters. The van der Waals surface area contributed by atoms with E-state index < -0.39 is 11.7 Å². The van der Waals surface area contributed by atoms with Crippen LogP contribution < -0.4 is 0 Å². The molecular formula is C17H5Cl3F3N5O. The molecule has 0 unspecified atom stereocenters. The Morgan fingerprint density at radius 2 is 1.76 bits per heavy atom. The number of fused-ring (bicyclic) bond motifs is 1. The molecule has 0 saturated heterocycles. The number of pyridine rings is 1. The van der Waals surface area contributed by atoms with Gasteiger partial charge in [0.1, 0.15) is 11.8 Å². The fourth-order valence-electron chi connectivity index (χ4n) is 2.56. The number of nitrogens with zero attached hydrogens (tertiary/aromatic N) is 5. The molecule has 0 amide bonds. The highest BCUT2D eigenvalue weighted by molar-refractivity contribution is 6.36. The van der Waals surface area contributed by atoms with Crippen molar-refractivity contribution in [1.82, 2.24) is 19.5 Å². The summed E-state index contributed by atoms with van der Waals surface area (Å²) in [6, 6.07) is 5.45. The lowest BCUT2D eigenvalue weighted by molar-refractivity contribution is -0.137. The Bertz CT molecular complexity index is 1310. The van der Waals surface area contributed by atoms with E-state index in [-0.39, 0.29) is 43.7 Å². The molecule has 0 bridgehead atoms. The smallest absolute Gasteiger partial charge is 0.332 e. The van der Waals surface area contributed by atoms with Gasteiger partial charge in [-0.25, -0.2) is 4.98 Å². The normalized spacial score (nSPS) is 11.8. The molecule has 3 heterocycles. The Morgan fingerprint density at radius 1 is 1.00 bits per heavy atom. The first kappa shape index (κ1) is 19.5. The molecule has 29 heavy (non-hydrogen) atoms. The van der Waals surface area contributed by atoms with E-state index >= 15 is 0 Å². The molecule has 0 spiro atoms. The quantitative estimate of drug-likeness (QED) is 0.373. The summed E-state index contributed by atoms with van der Waals surface area (Å²) in [6.07, 6.45) is -2.43. The van der Waals surface area contributed by atoms with Gasteiger partial charge in [0.2, 0.25) is 5.82 Å². The first-order valence-electron chi connectivity index (χ1n) is 7.66. The van der Waals surface area contributed by atoms with Crippen molar-refractivity contribution in [2.75, 3.05) is 0 Å². The number of nitriles is 1. The average Bonchev–Trinajstić information content (AvgIpc) is 3.29. The largest absolute Gasteiger partial charge is 0.417 e. The van der Waals surface area contributed by atoms with E-state index in [4.69, 9.17) is 44.6 Å². The van der Waals surface area contributed by atoms with Gasteiger partial charge in [-0.05, 0) is 18.2 Å². The summed E-state index contributed by atoms with van der Waals surface area (Å²) in [4.78, 5) is 8.30. The SMILES string of the molecule is N#Cc1cc(Cl)c(-c2noc(-c3cn4cc(C(F)(F)F)cc(Cl)c4n3)n2)cc1Cl. The minimum absolute atomic E-state index is 0.0649. The molecule has 0 N–H and O–H groups in total. The molecule has 12 heteroatoms. The molecule has 6 nitrogen and oxygen atoms in total. The van der Waals surface area contributed by atoms with Crippen molar-refractivity contribution in [3.63, 3.8) is 0 Å². The maximum atomic E-state index is 13.0. The third-order valence-electron chi connectivity index (χ3n) is 3.90. The van der Waals surface area contributed by atoms with Gasteiger partial charge >= 0.3 is 6.18 Å². The van der Waals surface area contributed by atoms with Crippen LogP contribution in [0.5, 0.6) is 0 Å². The molecule has 0 aliphatic heterocycles. The van der Waals surface area contributed by atoms with Crippen molar-refractivity contribution in [3.05, 3.63) is 56.8 Å². The van der Waals surface area contributed by atoms with Gasteiger partial charge in [0.25, 0.3) is 5.89 Å². The molecule has 3 aromatic heterocycles. The van der Waals surface area contributed by atoms with Gasteiger partial charge in [0.05, 0.1) is 26.2 Å². The van der Waals surface area contributed by atoms with Crippen molar-refractivity contribution >= 4 is 40.4 Å². The number of hydrogen-bond acceptors (Lipinski definition) is 5. The highest BCUT2D eigenvalue weighted by Crippen LogP contribution is 2.34. The van der Waals surface area contributed by atoms with E-state index in [0.717, 1.165) is 16.7 Å². The van der Waals surface area contributed by atoms with Crippen LogP contribution in [0.4, 0.5) is 13.2 Å². The minimum Gasteiger partial charge on any atom is -0.332 e. The van der Waals surface area contributed by atoms with Crippen LogP contribution in [0.15, 0.2) is 35.1 Å². The number of alkyl halides is 3. The Hall–Kier alpha value is -2.80. The minimum atomic E-state index is -4.56. The number of rotatable bonds is 2. The van der Waals surface area contributed by atoms with Gasteiger partial charge < -0.3 is 8.92 Å². The molecule has 4 aromatic rings. The summed E-state index contributed by atoms with van der Waals surface area (Å²) in [5.74, 6) is 0.000368. The zero-order chi connectivity index (χ0) is 20.9. The molecule has 0 saturated carbocycles. The van der Waals surface area contributed by atoms with Crippen LogP contribution in [0, 0.1) is 11.3 Å². The van der Waals surface area contributed by atoms with E-state index in [1.807, 2.05) is 6.07 Å². The molecular weight excluding hydrogens is 454 g/mol. The molecule has 0 aliphatic rings. The topological polar surface area (TPSA) is 80.0 Å². The summed E-state index contributed by atoms with van der Waals surface area (Å²) in [7, 11) is 0. The van der Waals surface area contributed by atoms with Crippen molar-refractivity contribution in [2.24, 2.45) is 0 Å². The molecule has 146 valence electrons. The Kier molecular flexibility index (Phi) is 4.65. The van der Waals surface area contributed by atoms with Crippen LogP contribution in [0.3, 0.4) is 0 Å².